The number of hydrogen-bond acceptors (Lipinski definition) is 5. The molecule has 3 heterocycles. The molecule has 0 spiro atoms. The molecule has 0 saturated heterocycles. The monoisotopic (exact) mass is 411 g/mol. The van der Waals surface area contributed by atoms with Gasteiger partial charge in [-0.3, -0.25) is 4.79 Å². The van der Waals surface area contributed by atoms with Gasteiger partial charge in [-0.25, -0.2) is 4.52 Å². The lowest BCUT2D eigenvalue weighted by molar-refractivity contribution is 0.370. The van der Waals surface area contributed by atoms with E-state index in [1.165, 1.54) is 5.56 Å². The smallest absolute Gasteiger partial charge is 0.277 e. The van der Waals surface area contributed by atoms with E-state index in [1.54, 1.807) is 21.5 Å². The van der Waals surface area contributed by atoms with Gasteiger partial charge in [0.1, 0.15) is 12.1 Å². The van der Waals surface area contributed by atoms with Crippen LogP contribution >= 0.6 is 0 Å². The van der Waals surface area contributed by atoms with Crippen molar-refractivity contribution in [3.8, 4) is 22.6 Å². The fraction of sp³-hybridized carbons (Fsp3) is 0.167. The van der Waals surface area contributed by atoms with Gasteiger partial charge >= 0.3 is 0 Å². The SMILES string of the molecule is CCc1ccc(-c2cc3c(=O)n(Cc4nc(-c5ccccc5C)no4)ccn3n2)cc1. The van der Waals surface area contributed by atoms with Gasteiger partial charge in [0.15, 0.2) is 0 Å². The third-order valence-corrected chi connectivity index (χ3v) is 5.42. The molecule has 5 aromatic rings. The molecule has 5 rings (SSSR count). The molecule has 0 amide bonds. The number of aryl methyl sites for hydroxylation is 2. The number of rotatable bonds is 5. The summed E-state index contributed by atoms with van der Waals surface area (Å²) in [5.41, 5.74) is 5.31. The van der Waals surface area contributed by atoms with E-state index in [-0.39, 0.29) is 12.1 Å². The van der Waals surface area contributed by atoms with Crippen LogP contribution in [0.4, 0.5) is 0 Å². The average molecular weight is 411 g/mol. The summed E-state index contributed by atoms with van der Waals surface area (Å²) in [7, 11) is 0. The first-order valence-corrected chi connectivity index (χ1v) is 10.2. The molecule has 0 unspecified atom stereocenters. The minimum Gasteiger partial charge on any atom is -0.337 e. The van der Waals surface area contributed by atoms with Crippen LogP contribution in [0.3, 0.4) is 0 Å². The van der Waals surface area contributed by atoms with Crippen molar-refractivity contribution in [3.05, 3.63) is 94.4 Å². The normalized spacial score (nSPS) is 11.3. The lowest BCUT2D eigenvalue weighted by Gasteiger charge is -2.02. The summed E-state index contributed by atoms with van der Waals surface area (Å²) in [5, 5.41) is 8.63. The van der Waals surface area contributed by atoms with Crippen molar-refractivity contribution in [2.75, 3.05) is 0 Å². The standard InChI is InChI=1S/C24H21N5O2/c1-3-17-8-10-18(11-9-17)20-14-21-24(30)28(12-13-29(21)26-20)15-22-25-23(27-31-22)19-7-5-4-6-16(19)2/h4-14H,3,15H2,1-2H3. The molecule has 0 aliphatic heterocycles. The van der Waals surface area contributed by atoms with Crippen molar-refractivity contribution >= 4 is 5.52 Å². The zero-order chi connectivity index (χ0) is 21.4. The van der Waals surface area contributed by atoms with Crippen molar-refractivity contribution in [1.29, 1.82) is 0 Å². The second-order valence-electron chi connectivity index (χ2n) is 7.47. The molecular weight excluding hydrogens is 390 g/mol. The molecule has 3 aromatic heterocycles. The number of benzene rings is 2. The Kier molecular flexibility index (Phi) is 4.71. The molecule has 0 bridgehead atoms. The lowest BCUT2D eigenvalue weighted by atomic mass is 10.1. The Labute approximate surface area is 178 Å². The largest absolute Gasteiger partial charge is 0.337 e. The molecule has 0 N–H and O–H groups in total. The first-order chi connectivity index (χ1) is 15.1. The summed E-state index contributed by atoms with van der Waals surface area (Å²) in [4.78, 5) is 17.5. The molecule has 0 aliphatic carbocycles. The van der Waals surface area contributed by atoms with E-state index in [9.17, 15) is 4.79 Å². The Bertz CT molecular complexity index is 1430. The van der Waals surface area contributed by atoms with Crippen LogP contribution in [0.25, 0.3) is 28.2 Å². The first-order valence-electron chi connectivity index (χ1n) is 10.2. The van der Waals surface area contributed by atoms with Crippen molar-refractivity contribution in [1.82, 2.24) is 24.3 Å². The fourth-order valence-electron chi connectivity index (χ4n) is 3.60. The summed E-state index contributed by atoms with van der Waals surface area (Å²) in [6, 6.07) is 17.9. The molecule has 0 aliphatic rings. The van der Waals surface area contributed by atoms with E-state index < -0.39 is 0 Å². The average Bonchev–Trinajstić information content (AvgIpc) is 3.44. The summed E-state index contributed by atoms with van der Waals surface area (Å²) in [6.45, 7) is 4.31. The molecule has 2 aromatic carbocycles. The zero-order valence-electron chi connectivity index (χ0n) is 17.3. The second kappa shape index (κ2) is 7.68. The van der Waals surface area contributed by atoms with E-state index in [2.05, 4.69) is 34.3 Å². The number of fused-ring (bicyclic) bond motifs is 1. The van der Waals surface area contributed by atoms with Crippen molar-refractivity contribution in [3.63, 3.8) is 0 Å². The van der Waals surface area contributed by atoms with Gasteiger partial charge in [-0.2, -0.15) is 10.1 Å². The Morgan fingerprint density at radius 3 is 2.61 bits per heavy atom. The van der Waals surface area contributed by atoms with Crippen LogP contribution in [0.2, 0.25) is 0 Å². The van der Waals surface area contributed by atoms with Crippen LogP contribution in [0.1, 0.15) is 23.9 Å². The van der Waals surface area contributed by atoms with Gasteiger partial charge in [-0.15, -0.1) is 0 Å². The molecule has 7 heteroatoms. The summed E-state index contributed by atoms with van der Waals surface area (Å²) in [5.74, 6) is 0.893. The van der Waals surface area contributed by atoms with Gasteiger partial charge in [0.2, 0.25) is 11.7 Å². The van der Waals surface area contributed by atoms with Gasteiger partial charge in [0.25, 0.3) is 5.56 Å². The van der Waals surface area contributed by atoms with E-state index in [4.69, 9.17) is 4.52 Å². The van der Waals surface area contributed by atoms with Crippen LogP contribution in [0, 0.1) is 6.92 Å². The van der Waals surface area contributed by atoms with Crippen molar-refractivity contribution < 1.29 is 4.52 Å². The van der Waals surface area contributed by atoms with Crippen molar-refractivity contribution in [2.24, 2.45) is 0 Å². The predicted octanol–water partition coefficient (Wildman–Crippen LogP) is 4.13. The topological polar surface area (TPSA) is 78.2 Å². The maximum Gasteiger partial charge on any atom is 0.277 e. The minimum atomic E-state index is -0.165. The molecule has 0 radical (unpaired) electrons. The van der Waals surface area contributed by atoms with Crippen LogP contribution in [-0.2, 0) is 13.0 Å². The Morgan fingerprint density at radius 2 is 1.84 bits per heavy atom. The number of aromatic nitrogens is 5. The maximum atomic E-state index is 13.0. The van der Waals surface area contributed by atoms with E-state index in [0.717, 1.165) is 28.8 Å². The van der Waals surface area contributed by atoms with Gasteiger partial charge < -0.3 is 9.09 Å². The third kappa shape index (κ3) is 3.54. The summed E-state index contributed by atoms with van der Waals surface area (Å²) < 4.78 is 8.56. The number of nitrogens with zero attached hydrogens (tertiary/aromatic N) is 5. The van der Waals surface area contributed by atoms with Crippen LogP contribution < -0.4 is 5.56 Å². The highest BCUT2D eigenvalue weighted by molar-refractivity contribution is 5.65. The predicted molar refractivity (Wildman–Crippen MR) is 118 cm³/mol. The fourth-order valence-corrected chi connectivity index (χ4v) is 3.60. The van der Waals surface area contributed by atoms with Gasteiger partial charge in [-0.1, -0.05) is 60.6 Å². The highest BCUT2D eigenvalue weighted by atomic mass is 16.5. The highest BCUT2D eigenvalue weighted by Gasteiger charge is 2.14. The van der Waals surface area contributed by atoms with Crippen LogP contribution in [0.5, 0.6) is 0 Å². The van der Waals surface area contributed by atoms with Crippen molar-refractivity contribution in [2.45, 2.75) is 26.8 Å². The maximum absolute atomic E-state index is 13.0. The van der Waals surface area contributed by atoms with E-state index in [0.29, 0.717) is 17.2 Å². The summed E-state index contributed by atoms with van der Waals surface area (Å²) in [6.07, 6.45) is 4.43. The Morgan fingerprint density at radius 1 is 1.03 bits per heavy atom. The first kappa shape index (κ1) is 19.0. The summed E-state index contributed by atoms with van der Waals surface area (Å²) >= 11 is 0. The molecular formula is C24H21N5O2. The van der Waals surface area contributed by atoms with Crippen LogP contribution in [-0.4, -0.2) is 24.3 Å². The molecule has 154 valence electrons. The van der Waals surface area contributed by atoms with Gasteiger partial charge in [0.05, 0.1) is 5.69 Å². The molecule has 0 atom stereocenters. The van der Waals surface area contributed by atoms with E-state index >= 15 is 0 Å². The molecule has 0 saturated carbocycles. The van der Waals surface area contributed by atoms with Gasteiger partial charge in [0, 0.05) is 23.5 Å². The van der Waals surface area contributed by atoms with E-state index in [1.807, 2.05) is 49.4 Å². The third-order valence-electron chi connectivity index (χ3n) is 5.42. The Balaban J connectivity index is 1.45. The quantitative estimate of drug-likeness (QED) is 0.434. The minimum absolute atomic E-state index is 0.165. The zero-order valence-corrected chi connectivity index (χ0v) is 17.3. The number of hydrogen-bond donors (Lipinski definition) is 0. The molecule has 31 heavy (non-hydrogen) atoms. The van der Waals surface area contributed by atoms with Crippen LogP contribution in [0.15, 0.2) is 76.3 Å². The molecule has 7 nitrogen and oxygen atoms in total. The molecule has 0 fully saturated rings. The Hall–Kier alpha value is -4.00. The highest BCUT2D eigenvalue weighted by Crippen LogP contribution is 2.21. The second-order valence-corrected chi connectivity index (χ2v) is 7.47. The van der Waals surface area contributed by atoms with Gasteiger partial charge in [-0.05, 0) is 30.5 Å². The lowest BCUT2D eigenvalue weighted by Crippen LogP contribution is -2.21.